The highest BCUT2D eigenvalue weighted by Gasteiger charge is 2.08. The lowest BCUT2D eigenvalue weighted by atomic mass is 10.1. The normalized spacial score (nSPS) is 12.8. The number of benzene rings is 2. The van der Waals surface area contributed by atoms with Crippen LogP contribution in [0.3, 0.4) is 0 Å². The maximum atomic E-state index is 12.9. The number of aliphatic imine (C=N–C) groups is 1. The molecule has 5 heteroatoms. The zero-order valence-corrected chi connectivity index (χ0v) is 14.1. The molecule has 1 atom stereocenters. The molecule has 4 nitrogen and oxygen atoms in total. The van der Waals surface area contributed by atoms with E-state index in [1.54, 1.807) is 12.1 Å². The van der Waals surface area contributed by atoms with E-state index in [1.165, 1.54) is 17.7 Å². The molecule has 0 heterocycles. The SMILES string of the molecule is CCNC(=NCc1ccccc1C)NCC(O)c1ccc(F)cc1. The minimum atomic E-state index is -0.729. The molecule has 0 aliphatic heterocycles. The maximum absolute atomic E-state index is 12.9. The van der Waals surface area contributed by atoms with Crippen molar-refractivity contribution in [3.8, 4) is 0 Å². The summed E-state index contributed by atoms with van der Waals surface area (Å²) in [6, 6.07) is 14.0. The number of hydrogen-bond donors (Lipinski definition) is 3. The third-order valence-electron chi connectivity index (χ3n) is 3.73. The Hall–Kier alpha value is -2.40. The van der Waals surface area contributed by atoms with Crippen LogP contribution in [0, 0.1) is 12.7 Å². The standard InChI is InChI=1S/C19H24FN3O/c1-3-21-19(22-12-16-7-5-4-6-14(16)2)23-13-18(24)15-8-10-17(20)11-9-15/h4-11,18,24H,3,12-13H2,1-2H3,(H2,21,22,23). The van der Waals surface area contributed by atoms with Crippen LogP contribution >= 0.6 is 0 Å². The second-order valence-corrected chi connectivity index (χ2v) is 5.57. The highest BCUT2D eigenvalue weighted by Crippen LogP contribution is 2.12. The summed E-state index contributed by atoms with van der Waals surface area (Å²) in [6.07, 6.45) is -0.729. The molecule has 2 aromatic rings. The van der Waals surface area contributed by atoms with Crippen molar-refractivity contribution in [2.45, 2.75) is 26.5 Å². The third-order valence-corrected chi connectivity index (χ3v) is 3.73. The minimum Gasteiger partial charge on any atom is -0.387 e. The van der Waals surface area contributed by atoms with Crippen LogP contribution in [0.2, 0.25) is 0 Å². The fourth-order valence-corrected chi connectivity index (χ4v) is 2.29. The Bertz CT molecular complexity index is 671. The fraction of sp³-hybridized carbons (Fsp3) is 0.316. The van der Waals surface area contributed by atoms with Crippen LogP contribution in [-0.4, -0.2) is 24.2 Å². The quantitative estimate of drug-likeness (QED) is 0.564. The second kappa shape index (κ2) is 9.03. The van der Waals surface area contributed by atoms with Crippen molar-refractivity contribution in [2.24, 2.45) is 4.99 Å². The van der Waals surface area contributed by atoms with Gasteiger partial charge in [0.05, 0.1) is 12.6 Å². The summed E-state index contributed by atoms with van der Waals surface area (Å²) in [4.78, 5) is 4.55. The highest BCUT2D eigenvalue weighted by atomic mass is 19.1. The topological polar surface area (TPSA) is 56.7 Å². The molecule has 1 unspecified atom stereocenters. The zero-order valence-electron chi connectivity index (χ0n) is 14.1. The molecular weight excluding hydrogens is 305 g/mol. The molecule has 0 aliphatic carbocycles. The lowest BCUT2D eigenvalue weighted by Crippen LogP contribution is -2.39. The van der Waals surface area contributed by atoms with Gasteiger partial charge in [0.15, 0.2) is 5.96 Å². The van der Waals surface area contributed by atoms with Crippen molar-refractivity contribution in [3.63, 3.8) is 0 Å². The maximum Gasteiger partial charge on any atom is 0.191 e. The van der Waals surface area contributed by atoms with Crippen molar-refractivity contribution in [1.82, 2.24) is 10.6 Å². The second-order valence-electron chi connectivity index (χ2n) is 5.57. The molecule has 0 spiro atoms. The summed E-state index contributed by atoms with van der Waals surface area (Å²) in [7, 11) is 0. The minimum absolute atomic E-state index is 0.297. The number of nitrogens with zero attached hydrogens (tertiary/aromatic N) is 1. The first-order valence-corrected chi connectivity index (χ1v) is 8.10. The molecule has 0 aliphatic rings. The van der Waals surface area contributed by atoms with Gasteiger partial charge in [-0.15, -0.1) is 0 Å². The summed E-state index contributed by atoms with van der Waals surface area (Å²) in [5.41, 5.74) is 3.02. The summed E-state index contributed by atoms with van der Waals surface area (Å²) in [5.74, 6) is 0.328. The molecule has 0 bridgehead atoms. The van der Waals surface area contributed by atoms with Crippen molar-refractivity contribution < 1.29 is 9.50 Å². The van der Waals surface area contributed by atoms with Crippen LogP contribution in [0.15, 0.2) is 53.5 Å². The molecule has 2 rings (SSSR count). The fourth-order valence-electron chi connectivity index (χ4n) is 2.29. The average molecular weight is 329 g/mol. The molecular formula is C19H24FN3O. The number of aliphatic hydroxyl groups is 1. The number of rotatable bonds is 6. The Balaban J connectivity index is 1.96. The van der Waals surface area contributed by atoms with Gasteiger partial charge in [-0.1, -0.05) is 36.4 Å². The van der Waals surface area contributed by atoms with Crippen molar-refractivity contribution >= 4 is 5.96 Å². The molecule has 3 N–H and O–H groups in total. The first-order chi connectivity index (χ1) is 11.6. The monoisotopic (exact) mass is 329 g/mol. The van der Waals surface area contributed by atoms with Crippen molar-refractivity contribution in [1.29, 1.82) is 0 Å². The summed E-state index contributed by atoms with van der Waals surface area (Å²) in [5, 5.41) is 16.5. The van der Waals surface area contributed by atoms with E-state index in [0.717, 1.165) is 12.1 Å². The highest BCUT2D eigenvalue weighted by molar-refractivity contribution is 5.79. The van der Waals surface area contributed by atoms with Crippen LogP contribution in [0.25, 0.3) is 0 Å². The Morgan fingerprint density at radius 2 is 1.83 bits per heavy atom. The molecule has 24 heavy (non-hydrogen) atoms. The average Bonchev–Trinajstić information content (AvgIpc) is 2.59. The Morgan fingerprint density at radius 1 is 1.12 bits per heavy atom. The van der Waals surface area contributed by atoms with Gasteiger partial charge >= 0.3 is 0 Å². The number of hydrogen-bond acceptors (Lipinski definition) is 2. The van der Waals surface area contributed by atoms with Crippen LogP contribution in [0.1, 0.15) is 29.7 Å². The predicted molar refractivity (Wildman–Crippen MR) is 95.4 cm³/mol. The van der Waals surface area contributed by atoms with Gasteiger partial charge in [-0.2, -0.15) is 0 Å². The number of aliphatic hydroxyl groups excluding tert-OH is 1. The molecule has 0 aromatic heterocycles. The number of guanidine groups is 1. The number of nitrogens with one attached hydrogen (secondary N) is 2. The van der Waals surface area contributed by atoms with Gasteiger partial charge in [0.1, 0.15) is 5.82 Å². The van der Waals surface area contributed by atoms with Gasteiger partial charge in [-0.3, -0.25) is 0 Å². The van der Waals surface area contributed by atoms with E-state index in [-0.39, 0.29) is 5.82 Å². The van der Waals surface area contributed by atoms with Gasteiger partial charge in [-0.05, 0) is 42.7 Å². The van der Waals surface area contributed by atoms with Gasteiger partial charge in [0.25, 0.3) is 0 Å². The van der Waals surface area contributed by atoms with Crippen LogP contribution < -0.4 is 10.6 Å². The van der Waals surface area contributed by atoms with Crippen molar-refractivity contribution in [2.75, 3.05) is 13.1 Å². The smallest absolute Gasteiger partial charge is 0.191 e. The van der Waals surface area contributed by atoms with Crippen LogP contribution in [-0.2, 0) is 6.54 Å². The summed E-state index contributed by atoms with van der Waals surface area (Å²) < 4.78 is 12.9. The molecule has 128 valence electrons. The number of halogens is 1. The van der Waals surface area contributed by atoms with Gasteiger partial charge < -0.3 is 15.7 Å². The largest absolute Gasteiger partial charge is 0.387 e. The summed E-state index contributed by atoms with van der Waals surface area (Å²) >= 11 is 0. The van der Waals surface area contributed by atoms with E-state index in [4.69, 9.17) is 0 Å². The molecule has 0 fully saturated rings. The van der Waals surface area contributed by atoms with Crippen LogP contribution in [0.4, 0.5) is 4.39 Å². The third kappa shape index (κ3) is 5.35. The number of aryl methyl sites for hydroxylation is 1. The first-order valence-electron chi connectivity index (χ1n) is 8.10. The van der Waals surface area contributed by atoms with Gasteiger partial charge in [-0.25, -0.2) is 9.38 Å². The molecule has 0 saturated carbocycles. The Labute approximate surface area is 142 Å². The Kier molecular flexibility index (Phi) is 6.75. The molecule has 0 radical (unpaired) electrons. The van der Waals surface area contributed by atoms with E-state index in [2.05, 4.69) is 34.7 Å². The Morgan fingerprint density at radius 3 is 2.50 bits per heavy atom. The van der Waals surface area contributed by atoms with E-state index < -0.39 is 6.10 Å². The van der Waals surface area contributed by atoms with Crippen LogP contribution in [0.5, 0.6) is 0 Å². The lowest BCUT2D eigenvalue weighted by Gasteiger charge is -2.15. The van der Waals surface area contributed by atoms with Gasteiger partial charge in [0, 0.05) is 13.1 Å². The molecule has 0 saturated heterocycles. The lowest BCUT2D eigenvalue weighted by molar-refractivity contribution is 0.180. The van der Waals surface area contributed by atoms with E-state index in [9.17, 15) is 9.50 Å². The zero-order chi connectivity index (χ0) is 17.4. The van der Waals surface area contributed by atoms with E-state index >= 15 is 0 Å². The predicted octanol–water partition coefficient (Wildman–Crippen LogP) is 2.92. The molecule has 0 amide bonds. The summed E-state index contributed by atoms with van der Waals surface area (Å²) in [6.45, 7) is 5.64. The first kappa shape index (κ1) is 17.9. The van der Waals surface area contributed by atoms with E-state index in [0.29, 0.717) is 24.6 Å². The van der Waals surface area contributed by atoms with Crippen molar-refractivity contribution in [3.05, 3.63) is 71.0 Å². The van der Waals surface area contributed by atoms with Gasteiger partial charge in [0.2, 0.25) is 0 Å². The molecule has 2 aromatic carbocycles. The van der Waals surface area contributed by atoms with E-state index in [1.807, 2.05) is 19.1 Å².